The summed E-state index contributed by atoms with van der Waals surface area (Å²) in [6.45, 7) is 6.11. The number of piperidine rings is 1. The Balaban J connectivity index is 1.91. The van der Waals surface area contributed by atoms with Gasteiger partial charge in [-0.3, -0.25) is 0 Å². The molecule has 0 aromatic heterocycles. The number of hydrogen-bond acceptors (Lipinski definition) is 4. The molecule has 1 aliphatic rings. The van der Waals surface area contributed by atoms with Crippen LogP contribution < -0.4 is 10.5 Å². The fraction of sp³-hybridized carbons (Fsp3) is 1.00. The molecule has 1 rings (SSSR count). The van der Waals surface area contributed by atoms with E-state index in [9.17, 15) is 0 Å². The van der Waals surface area contributed by atoms with Crippen LogP contribution in [0.5, 0.6) is 0 Å². The molecule has 0 aromatic rings. The molecule has 0 aliphatic carbocycles. The molecule has 0 spiro atoms. The van der Waals surface area contributed by atoms with Gasteiger partial charge in [0.15, 0.2) is 0 Å². The Bertz CT molecular complexity index is 161. The van der Waals surface area contributed by atoms with Crippen LogP contribution in [0, 0.1) is 0 Å². The molecule has 0 aromatic carbocycles. The lowest BCUT2D eigenvalue weighted by Crippen LogP contribution is -2.42. The second-order valence-corrected chi connectivity index (χ2v) is 4.52. The lowest BCUT2D eigenvalue weighted by atomic mass is 9.89. The van der Waals surface area contributed by atoms with Crippen LogP contribution in [0.3, 0.4) is 0 Å². The summed E-state index contributed by atoms with van der Waals surface area (Å²) in [6, 6.07) is 0.702. The molecule has 0 atom stereocenters. The molecule has 1 fully saturated rings. The first-order valence-corrected chi connectivity index (χ1v) is 6.02. The summed E-state index contributed by atoms with van der Waals surface area (Å²) in [4.78, 5) is 2.38. The maximum absolute atomic E-state index is 8.99. The van der Waals surface area contributed by atoms with E-state index in [1.807, 2.05) is 0 Å². The highest BCUT2D eigenvalue weighted by molar-refractivity contribution is 6.45. The molecule has 1 saturated heterocycles. The second-order valence-electron chi connectivity index (χ2n) is 4.52. The van der Waals surface area contributed by atoms with Crippen molar-refractivity contribution in [2.45, 2.75) is 32.1 Å². The third kappa shape index (κ3) is 6.15. The molecule has 1 heterocycles. The van der Waals surface area contributed by atoms with Crippen molar-refractivity contribution in [2.24, 2.45) is 0 Å². The van der Waals surface area contributed by atoms with Gasteiger partial charge in [-0.1, -0.05) is 0 Å². The first kappa shape index (κ1) is 13.0. The summed E-state index contributed by atoms with van der Waals surface area (Å²) in [6.07, 6.45) is 3.61. The molecular formula is C10H24BN3O. The van der Waals surface area contributed by atoms with Crippen LogP contribution in [0.25, 0.3) is 0 Å². The fourth-order valence-electron chi connectivity index (χ4n) is 1.92. The van der Waals surface area contributed by atoms with Crippen molar-refractivity contribution >= 4 is 7.05 Å². The monoisotopic (exact) mass is 213 g/mol. The molecule has 3 N–H and O–H groups in total. The van der Waals surface area contributed by atoms with Gasteiger partial charge in [0.1, 0.15) is 0 Å². The van der Waals surface area contributed by atoms with E-state index in [0.29, 0.717) is 6.04 Å². The predicted octanol–water partition coefficient (Wildman–Crippen LogP) is -0.240. The molecule has 1 aliphatic heterocycles. The minimum absolute atomic E-state index is 0.381. The molecule has 0 radical (unpaired) electrons. The number of likely N-dealkylation sites (tertiary alicyclic amines) is 1. The maximum atomic E-state index is 8.99. The minimum atomic E-state index is -0.381. The van der Waals surface area contributed by atoms with Crippen LogP contribution >= 0.6 is 0 Å². The van der Waals surface area contributed by atoms with Crippen LogP contribution in [-0.4, -0.2) is 56.2 Å². The highest BCUT2D eigenvalue weighted by Crippen LogP contribution is 2.07. The van der Waals surface area contributed by atoms with Crippen molar-refractivity contribution in [2.75, 3.05) is 33.2 Å². The van der Waals surface area contributed by atoms with Crippen LogP contribution in [-0.2, 0) is 0 Å². The van der Waals surface area contributed by atoms with E-state index in [1.165, 1.54) is 25.9 Å². The quantitative estimate of drug-likeness (QED) is 0.421. The highest BCUT2D eigenvalue weighted by Gasteiger charge is 2.15. The molecule has 4 nitrogen and oxygen atoms in total. The number of rotatable bonds is 6. The van der Waals surface area contributed by atoms with Gasteiger partial charge >= 0.3 is 7.05 Å². The lowest BCUT2D eigenvalue weighted by Gasteiger charge is -2.29. The second kappa shape index (κ2) is 7.22. The summed E-state index contributed by atoms with van der Waals surface area (Å²) < 4.78 is 0. The van der Waals surface area contributed by atoms with E-state index < -0.39 is 0 Å². The Labute approximate surface area is 93.6 Å². The molecule has 88 valence electrons. The van der Waals surface area contributed by atoms with E-state index in [4.69, 9.17) is 5.02 Å². The third-order valence-electron chi connectivity index (χ3n) is 2.94. The van der Waals surface area contributed by atoms with Gasteiger partial charge in [0.25, 0.3) is 0 Å². The Morgan fingerprint density at radius 1 is 1.33 bits per heavy atom. The summed E-state index contributed by atoms with van der Waals surface area (Å²) in [7, 11) is 1.80. The van der Waals surface area contributed by atoms with Gasteiger partial charge in [-0.05, 0) is 59.3 Å². The van der Waals surface area contributed by atoms with Crippen LogP contribution in [0.1, 0.15) is 19.3 Å². The Morgan fingerprint density at radius 2 is 2.00 bits per heavy atom. The summed E-state index contributed by atoms with van der Waals surface area (Å²) in [5.41, 5.74) is 0. The molecular weight excluding hydrogens is 189 g/mol. The fourth-order valence-corrected chi connectivity index (χ4v) is 1.92. The molecule has 15 heavy (non-hydrogen) atoms. The van der Waals surface area contributed by atoms with Gasteiger partial charge in [-0.25, -0.2) is 0 Å². The van der Waals surface area contributed by atoms with E-state index in [1.54, 1.807) is 6.82 Å². The lowest BCUT2D eigenvalue weighted by molar-refractivity contribution is 0.235. The van der Waals surface area contributed by atoms with E-state index >= 15 is 0 Å². The predicted molar refractivity (Wildman–Crippen MR) is 65.0 cm³/mol. The Kier molecular flexibility index (Phi) is 6.25. The van der Waals surface area contributed by atoms with Crippen LogP contribution in [0.2, 0.25) is 6.82 Å². The van der Waals surface area contributed by atoms with Crippen molar-refractivity contribution in [3.8, 4) is 0 Å². The highest BCUT2D eigenvalue weighted by atomic mass is 16.2. The van der Waals surface area contributed by atoms with Crippen molar-refractivity contribution in [3.63, 3.8) is 0 Å². The standard InChI is InChI=1S/C10H24BN3O/c1-11(15)13-7-3-6-12-10-4-8-14(2)9-5-10/h10,12-13,15H,3-9H2,1-2H3. The normalized spacial score (nSPS) is 19.4. The Hall–Kier alpha value is -0.0951. The summed E-state index contributed by atoms with van der Waals surface area (Å²) >= 11 is 0. The van der Waals surface area contributed by atoms with Gasteiger partial charge in [0, 0.05) is 6.04 Å². The average Bonchev–Trinajstić information content (AvgIpc) is 2.20. The van der Waals surface area contributed by atoms with E-state index in [0.717, 1.165) is 19.5 Å². The van der Waals surface area contributed by atoms with Gasteiger partial charge < -0.3 is 20.5 Å². The zero-order valence-electron chi connectivity index (χ0n) is 10.00. The topological polar surface area (TPSA) is 47.5 Å². The van der Waals surface area contributed by atoms with Gasteiger partial charge in [-0.2, -0.15) is 0 Å². The van der Waals surface area contributed by atoms with E-state index in [-0.39, 0.29) is 7.05 Å². The van der Waals surface area contributed by atoms with Gasteiger partial charge in [-0.15, -0.1) is 0 Å². The summed E-state index contributed by atoms with van der Waals surface area (Å²) in [5.74, 6) is 0. The van der Waals surface area contributed by atoms with Crippen molar-refractivity contribution in [1.29, 1.82) is 0 Å². The maximum Gasteiger partial charge on any atom is 0.373 e. The van der Waals surface area contributed by atoms with Crippen molar-refractivity contribution in [1.82, 2.24) is 15.4 Å². The molecule has 0 unspecified atom stereocenters. The smallest absolute Gasteiger partial charge is 0.373 e. The Morgan fingerprint density at radius 3 is 2.60 bits per heavy atom. The largest absolute Gasteiger partial charge is 0.437 e. The molecule has 0 bridgehead atoms. The molecule has 0 saturated carbocycles. The molecule has 0 amide bonds. The summed E-state index contributed by atoms with van der Waals surface area (Å²) in [5, 5.41) is 15.6. The van der Waals surface area contributed by atoms with Crippen LogP contribution in [0.15, 0.2) is 0 Å². The first-order valence-electron chi connectivity index (χ1n) is 6.02. The number of nitrogens with one attached hydrogen (secondary N) is 2. The number of hydrogen-bond donors (Lipinski definition) is 3. The minimum Gasteiger partial charge on any atom is -0.437 e. The zero-order valence-corrected chi connectivity index (χ0v) is 10.00. The van der Waals surface area contributed by atoms with Crippen molar-refractivity contribution in [3.05, 3.63) is 0 Å². The van der Waals surface area contributed by atoms with Gasteiger partial charge in [0.05, 0.1) is 0 Å². The van der Waals surface area contributed by atoms with Crippen LogP contribution in [0.4, 0.5) is 0 Å². The van der Waals surface area contributed by atoms with Crippen molar-refractivity contribution < 1.29 is 5.02 Å². The zero-order chi connectivity index (χ0) is 11.1. The SMILES string of the molecule is CB(O)NCCCNC1CCN(C)CC1. The van der Waals surface area contributed by atoms with Gasteiger partial charge in [0.2, 0.25) is 0 Å². The first-order chi connectivity index (χ1) is 7.18. The number of nitrogens with zero attached hydrogens (tertiary/aromatic N) is 1. The third-order valence-corrected chi connectivity index (χ3v) is 2.94. The average molecular weight is 213 g/mol. The molecule has 5 heteroatoms. The van der Waals surface area contributed by atoms with E-state index in [2.05, 4.69) is 22.5 Å².